The molecule has 0 radical (unpaired) electrons. The number of halogens is 1. The third-order valence-electron chi connectivity index (χ3n) is 3.70. The number of hydrogen-bond acceptors (Lipinski definition) is 3. The smallest absolute Gasteiger partial charge is 0.133 e. The molecule has 1 fully saturated rings. The van der Waals surface area contributed by atoms with Gasteiger partial charge in [0.25, 0.3) is 0 Å². The zero-order valence-electron chi connectivity index (χ0n) is 11.8. The lowest BCUT2D eigenvalue weighted by molar-refractivity contribution is 0.144. The van der Waals surface area contributed by atoms with Gasteiger partial charge in [0.05, 0.1) is 11.6 Å². The largest absolute Gasteiger partial charge is 0.496 e. The van der Waals surface area contributed by atoms with Gasteiger partial charge in [-0.1, -0.05) is 19.4 Å². The second-order valence-electron chi connectivity index (χ2n) is 5.09. The Kier molecular flexibility index (Phi) is 5.67. The first kappa shape index (κ1) is 14.8. The summed E-state index contributed by atoms with van der Waals surface area (Å²) in [5.41, 5.74) is 1.34. The predicted molar refractivity (Wildman–Crippen MR) is 82.7 cm³/mol. The number of nitrogens with zero attached hydrogens (tertiary/aromatic N) is 1. The van der Waals surface area contributed by atoms with Gasteiger partial charge in [-0.3, -0.25) is 4.90 Å². The molecule has 0 amide bonds. The Bertz CT molecular complexity index is 409. The lowest BCUT2D eigenvalue weighted by atomic mass is 10.1. The minimum absolute atomic E-state index is 0.666. The molecule has 1 aromatic rings. The van der Waals surface area contributed by atoms with E-state index >= 15 is 0 Å². The number of benzene rings is 1. The van der Waals surface area contributed by atoms with Gasteiger partial charge in [-0.2, -0.15) is 0 Å². The number of nitrogens with one attached hydrogen (secondary N) is 1. The van der Waals surface area contributed by atoms with Crippen molar-refractivity contribution in [1.29, 1.82) is 0 Å². The van der Waals surface area contributed by atoms with Crippen molar-refractivity contribution in [2.75, 3.05) is 26.7 Å². The van der Waals surface area contributed by atoms with Crippen molar-refractivity contribution in [3.8, 4) is 5.75 Å². The van der Waals surface area contributed by atoms with Crippen LogP contribution in [-0.4, -0.2) is 37.7 Å². The Hall–Kier alpha value is -0.580. The number of rotatable bonds is 5. The van der Waals surface area contributed by atoms with E-state index < -0.39 is 0 Å². The summed E-state index contributed by atoms with van der Waals surface area (Å²) in [6.07, 6.45) is 2.51. The van der Waals surface area contributed by atoms with Gasteiger partial charge in [0.2, 0.25) is 0 Å². The summed E-state index contributed by atoms with van der Waals surface area (Å²) in [5.74, 6) is 0.897. The van der Waals surface area contributed by atoms with Crippen LogP contribution in [0.25, 0.3) is 0 Å². The summed E-state index contributed by atoms with van der Waals surface area (Å²) >= 11 is 3.56. The fourth-order valence-electron chi connectivity index (χ4n) is 2.67. The van der Waals surface area contributed by atoms with E-state index in [-0.39, 0.29) is 0 Å². The zero-order valence-corrected chi connectivity index (χ0v) is 13.4. The molecule has 1 aliphatic rings. The molecule has 106 valence electrons. The van der Waals surface area contributed by atoms with Gasteiger partial charge in [-0.15, -0.1) is 0 Å². The fourth-order valence-corrected chi connectivity index (χ4v) is 3.26. The Labute approximate surface area is 124 Å². The molecule has 1 heterocycles. The Morgan fingerprint density at radius 2 is 2.32 bits per heavy atom. The van der Waals surface area contributed by atoms with Crippen molar-refractivity contribution in [3.05, 3.63) is 28.2 Å². The van der Waals surface area contributed by atoms with Crippen LogP contribution in [0.4, 0.5) is 0 Å². The van der Waals surface area contributed by atoms with E-state index in [4.69, 9.17) is 4.74 Å². The van der Waals surface area contributed by atoms with Crippen LogP contribution in [0.2, 0.25) is 0 Å². The van der Waals surface area contributed by atoms with Crippen LogP contribution in [0, 0.1) is 0 Å². The van der Waals surface area contributed by atoms with Gasteiger partial charge >= 0.3 is 0 Å². The number of methoxy groups -OCH3 is 1. The number of ether oxygens (including phenoxy) is 1. The van der Waals surface area contributed by atoms with Gasteiger partial charge < -0.3 is 10.1 Å². The summed E-state index contributed by atoms with van der Waals surface area (Å²) in [4.78, 5) is 2.59. The SMILES string of the molecule is CCCC1CNCCN1Cc1ccc(OC)c(Br)c1. The highest BCUT2D eigenvalue weighted by molar-refractivity contribution is 9.10. The fraction of sp³-hybridized carbons (Fsp3) is 0.600. The van der Waals surface area contributed by atoms with Crippen LogP contribution in [0.3, 0.4) is 0 Å². The van der Waals surface area contributed by atoms with Crippen LogP contribution in [0.5, 0.6) is 5.75 Å². The minimum Gasteiger partial charge on any atom is -0.496 e. The molecule has 1 N–H and O–H groups in total. The van der Waals surface area contributed by atoms with Crippen molar-refractivity contribution in [2.24, 2.45) is 0 Å². The van der Waals surface area contributed by atoms with E-state index in [0.29, 0.717) is 6.04 Å². The van der Waals surface area contributed by atoms with Crippen LogP contribution < -0.4 is 10.1 Å². The summed E-state index contributed by atoms with van der Waals surface area (Å²) in [6.45, 7) is 6.63. The minimum atomic E-state index is 0.666. The molecule has 0 saturated carbocycles. The third-order valence-corrected chi connectivity index (χ3v) is 4.32. The van der Waals surface area contributed by atoms with Crippen LogP contribution in [0.1, 0.15) is 25.3 Å². The van der Waals surface area contributed by atoms with E-state index in [1.165, 1.54) is 18.4 Å². The maximum atomic E-state index is 5.28. The molecule has 1 unspecified atom stereocenters. The molecule has 2 rings (SSSR count). The van der Waals surface area contributed by atoms with Gasteiger partial charge in [0, 0.05) is 32.2 Å². The first-order valence-electron chi connectivity index (χ1n) is 7.01. The van der Waals surface area contributed by atoms with Crippen LogP contribution >= 0.6 is 15.9 Å². The van der Waals surface area contributed by atoms with Crippen molar-refractivity contribution < 1.29 is 4.74 Å². The zero-order chi connectivity index (χ0) is 13.7. The molecule has 1 aliphatic heterocycles. The maximum absolute atomic E-state index is 5.28. The van der Waals surface area contributed by atoms with Gasteiger partial charge in [-0.05, 0) is 40.0 Å². The highest BCUT2D eigenvalue weighted by atomic mass is 79.9. The summed E-state index contributed by atoms with van der Waals surface area (Å²) in [5, 5.41) is 3.49. The van der Waals surface area contributed by atoms with Crippen LogP contribution in [0.15, 0.2) is 22.7 Å². The molecular formula is C15H23BrN2O. The second-order valence-corrected chi connectivity index (χ2v) is 5.94. The van der Waals surface area contributed by atoms with Crippen LogP contribution in [-0.2, 0) is 6.54 Å². The first-order chi connectivity index (χ1) is 9.24. The molecule has 1 atom stereocenters. The van der Waals surface area contributed by atoms with Gasteiger partial charge in [0.1, 0.15) is 5.75 Å². The van der Waals surface area contributed by atoms with Gasteiger partial charge in [-0.25, -0.2) is 0 Å². The van der Waals surface area contributed by atoms with Crippen molar-refractivity contribution in [1.82, 2.24) is 10.2 Å². The average Bonchev–Trinajstić information content (AvgIpc) is 2.41. The van der Waals surface area contributed by atoms with Crippen molar-refractivity contribution in [2.45, 2.75) is 32.4 Å². The van der Waals surface area contributed by atoms with Crippen molar-refractivity contribution >= 4 is 15.9 Å². The van der Waals surface area contributed by atoms with E-state index in [1.807, 2.05) is 6.07 Å². The lowest BCUT2D eigenvalue weighted by Gasteiger charge is -2.36. The molecule has 0 bridgehead atoms. The monoisotopic (exact) mass is 326 g/mol. The summed E-state index contributed by atoms with van der Waals surface area (Å²) in [6, 6.07) is 7.04. The third kappa shape index (κ3) is 3.94. The normalized spacial score (nSPS) is 20.5. The van der Waals surface area contributed by atoms with E-state index in [0.717, 1.165) is 36.4 Å². The van der Waals surface area contributed by atoms with E-state index in [2.05, 4.69) is 45.2 Å². The number of hydrogen-bond donors (Lipinski definition) is 1. The Morgan fingerprint density at radius 3 is 3.00 bits per heavy atom. The Morgan fingerprint density at radius 1 is 1.47 bits per heavy atom. The molecule has 19 heavy (non-hydrogen) atoms. The highest BCUT2D eigenvalue weighted by Crippen LogP contribution is 2.26. The first-order valence-corrected chi connectivity index (χ1v) is 7.81. The van der Waals surface area contributed by atoms with Gasteiger partial charge in [0.15, 0.2) is 0 Å². The average molecular weight is 327 g/mol. The standard InChI is InChI=1S/C15H23BrN2O/c1-3-4-13-10-17-7-8-18(13)11-12-5-6-15(19-2)14(16)9-12/h5-6,9,13,17H,3-4,7-8,10-11H2,1-2H3. The second kappa shape index (κ2) is 7.27. The van der Waals surface area contributed by atoms with E-state index in [9.17, 15) is 0 Å². The topological polar surface area (TPSA) is 24.5 Å². The molecule has 0 aromatic heterocycles. The van der Waals surface area contributed by atoms with Crippen molar-refractivity contribution in [3.63, 3.8) is 0 Å². The Balaban J connectivity index is 2.04. The summed E-state index contributed by atoms with van der Waals surface area (Å²) < 4.78 is 6.32. The molecule has 4 heteroatoms. The number of piperazine rings is 1. The molecule has 0 spiro atoms. The summed E-state index contributed by atoms with van der Waals surface area (Å²) in [7, 11) is 1.70. The molecular weight excluding hydrogens is 304 g/mol. The quantitative estimate of drug-likeness (QED) is 0.900. The molecule has 3 nitrogen and oxygen atoms in total. The molecule has 1 saturated heterocycles. The highest BCUT2D eigenvalue weighted by Gasteiger charge is 2.21. The maximum Gasteiger partial charge on any atom is 0.133 e. The molecule has 0 aliphatic carbocycles. The van der Waals surface area contributed by atoms with E-state index in [1.54, 1.807) is 7.11 Å². The predicted octanol–water partition coefficient (Wildman–Crippen LogP) is 3.03. The molecule has 1 aromatic carbocycles. The lowest BCUT2D eigenvalue weighted by Crippen LogP contribution is -2.50.